The van der Waals surface area contributed by atoms with Gasteiger partial charge in [-0.3, -0.25) is 36.4 Å². The largest absolute Gasteiger partial charge is 0.412 e. The minimum atomic E-state index is 0. The topological polar surface area (TPSA) is 152 Å². The van der Waals surface area contributed by atoms with Gasteiger partial charge in [0.05, 0.1) is 22.5 Å². The number of carbonyl (C=O) groups is 1. The predicted molar refractivity (Wildman–Crippen MR) is 113 cm³/mol. The molecule has 4 aromatic rings. The zero-order valence-corrected chi connectivity index (χ0v) is 16.0. The predicted octanol–water partition coefficient (Wildman–Crippen LogP) is 1.73. The van der Waals surface area contributed by atoms with Crippen LogP contribution in [-0.4, -0.2) is 31.2 Å². The lowest BCUT2D eigenvalue weighted by Gasteiger charge is -1.95. The van der Waals surface area contributed by atoms with E-state index >= 15 is 0 Å². The van der Waals surface area contributed by atoms with Crippen molar-refractivity contribution in [2.45, 2.75) is 6.42 Å². The first-order valence-corrected chi connectivity index (χ1v) is 8.99. The van der Waals surface area contributed by atoms with Crippen LogP contribution < -0.4 is 11.7 Å². The Morgan fingerprint density at radius 2 is 0.967 bits per heavy atom. The molecule has 6 rings (SSSR count). The average Bonchev–Trinajstić information content (AvgIpc) is 3.32. The van der Waals surface area contributed by atoms with E-state index in [-0.39, 0.29) is 11.3 Å². The lowest BCUT2D eigenvalue weighted by molar-refractivity contribution is 0.104. The quantitative estimate of drug-likeness (QED) is 0.291. The molecule has 2 aliphatic rings. The molecule has 0 saturated heterocycles. The zero-order valence-electron chi connectivity index (χ0n) is 16.0. The Hall–Kier alpha value is -3.85. The summed E-state index contributed by atoms with van der Waals surface area (Å²) in [6.45, 7) is 0. The van der Waals surface area contributed by atoms with E-state index in [1.807, 2.05) is 24.5 Å². The summed E-state index contributed by atoms with van der Waals surface area (Å²) in [5.74, 6) is 8.02. The Morgan fingerprint density at radius 1 is 0.600 bits per heavy atom. The second kappa shape index (κ2) is 9.10. The number of hydrazine groups is 1. The molecule has 8 nitrogen and oxygen atoms in total. The molecular formula is C22H20N6O2. The fourth-order valence-corrected chi connectivity index (χ4v) is 3.49. The molecule has 0 fully saturated rings. The molecule has 2 aliphatic carbocycles. The maximum Gasteiger partial charge on any atom is 0.197 e. The normalized spacial score (nSPS) is 11.3. The number of fused-ring (bicyclic) bond motifs is 6. The van der Waals surface area contributed by atoms with Gasteiger partial charge in [-0.25, -0.2) is 0 Å². The smallest absolute Gasteiger partial charge is 0.197 e. The van der Waals surface area contributed by atoms with Gasteiger partial charge >= 0.3 is 0 Å². The number of rotatable bonds is 0. The highest BCUT2D eigenvalue weighted by Gasteiger charge is 2.27. The molecule has 0 radical (unpaired) electrons. The summed E-state index contributed by atoms with van der Waals surface area (Å²) in [6.07, 6.45) is 7.98. The molecule has 0 spiro atoms. The van der Waals surface area contributed by atoms with Gasteiger partial charge in [0.2, 0.25) is 0 Å². The fraction of sp³-hybridized carbons (Fsp3) is 0.0455. The Bertz CT molecular complexity index is 1100. The van der Waals surface area contributed by atoms with Crippen LogP contribution in [0.3, 0.4) is 0 Å². The summed E-state index contributed by atoms with van der Waals surface area (Å²) in [4.78, 5) is 28.8. The van der Waals surface area contributed by atoms with Gasteiger partial charge in [0.25, 0.3) is 0 Å². The summed E-state index contributed by atoms with van der Waals surface area (Å²) in [6, 6.07) is 15.3. The van der Waals surface area contributed by atoms with Crippen molar-refractivity contribution in [1.82, 2.24) is 19.9 Å². The van der Waals surface area contributed by atoms with Gasteiger partial charge in [-0.1, -0.05) is 12.1 Å². The highest BCUT2D eigenvalue weighted by molar-refractivity contribution is 6.20. The van der Waals surface area contributed by atoms with Crippen LogP contribution in [0.5, 0.6) is 0 Å². The molecule has 8 heteroatoms. The van der Waals surface area contributed by atoms with Gasteiger partial charge in [0, 0.05) is 31.2 Å². The molecule has 0 saturated carbocycles. The van der Waals surface area contributed by atoms with Crippen molar-refractivity contribution >= 4 is 5.78 Å². The third-order valence-corrected chi connectivity index (χ3v) is 4.72. The van der Waals surface area contributed by atoms with E-state index in [2.05, 4.69) is 43.8 Å². The fourth-order valence-electron chi connectivity index (χ4n) is 3.49. The number of nitrogens with zero attached hydrogens (tertiary/aromatic N) is 4. The number of nitrogens with two attached hydrogens (primary N) is 2. The van der Waals surface area contributed by atoms with E-state index < -0.39 is 0 Å². The van der Waals surface area contributed by atoms with Crippen molar-refractivity contribution < 1.29 is 10.3 Å². The first kappa shape index (κ1) is 20.9. The summed E-state index contributed by atoms with van der Waals surface area (Å²) >= 11 is 0. The van der Waals surface area contributed by atoms with Crippen LogP contribution in [0.2, 0.25) is 0 Å². The van der Waals surface area contributed by atoms with Crippen molar-refractivity contribution in [3.8, 4) is 22.8 Å². The van der Waals surface area contributed by atoms with Gasteiger partial charge in [0.1, 0.15) is 11.4 Å². The van der Waals surface area contributed by atoms with Crippen molar-refractivity contribution in [1.29, 1.82) is 0 Å². The van der Waals surface area contributed by atoms with E-state index in [0.717, 1.165) is 17.8 Å². The van der Waals surface area contributed by atoms with Gasteiger partial charge in [0.15, 0.2) is 5.78 Å². The summed E-state index contributed by atoms with van der Waals surface area (Å²) < 4.78 is 0. The number of carbonyl (C=O) groups excluding carboxylic acids is 1. The summed E-state index contributed by atoms with van der Waals surface area (Å²) in [7, 11) is 0. The number of hydrogen-bond acceptors (Lipinski definition) is 7. The van der Waals surface area contributed by atoms with Gasteiger partial charge in [-0.15, -0.1) is 0 Å². The third-order valence-electron chi connectivity index (χ3n) is 4.72. The minimum Gasteiger partial charge on any atom is -0.412 e. The molecule has 0 unspecified atom stereocenters. The van der Waals surface area contributed by atoms with Gasteiger partial charge < -0.3 is 5.48 Å². The molecule has 0 aliphatic heterocycles. The summed E-state index contributed by atoms with van der Waals surface area (Å²) in [5, 5.41) is 0. The van der Waals surface area contributed by atoms with Crippen molar-refractivity contribution in [2.75, 3.05) is 0 Å². The van der Waals surface area contributed by atoms with E-state index in [9.17, 15) is 4.79 Å². The lowest BCUT2D eigenvalue weighted by Crippen LogP contribution is -2.02. The van der Waals surface area contributed by atoms with E-state index in [0.29, 0.717) is 22.5 Å². The molecule has 0 atom stereocenters. The monoisotopic (exact) mass is 400 g/mol. The number of pyridine rings is 4. The lowest BCUT2D eigenvalue weighted by atomic mass is 10.1. The number of aromatic nitrogens is 4. The Labute approximate surface area is 173 Å². The van der Waals surface area contributed by atoms with Crippen LogP contribution >= 0.6 is 0 Å². The molecule has 30 heavy (non-hydrogen) atoms. The van der Waals surface area contributed by atoms with Crippen molar-refractivity contribution in [2.24, 2.45) is 11.7 Å². The molecule has 0 aromatic carbocycles. The van der Waals surface area contributed by atoms with Crippen LogP contribution in [-0.2, 0) is 6.42 Å². The molecule has 150 valence electrons. The maximum absolute atomic E-state index is 11.8. The van der Waals surface area contributed by atoms with E-state index in [1.165, 1.54) is 11.1 Å². The number of ketones is 1. The van der Waals surface area contributed by atoms with Crippen LogP contribution in [0, 0.1) is 0 Å². The zero-order chi connectivity index (χ0) is 20.2. The Balaban J connectivity index is 0.000000153. The SMILES string of the molecule is NN.O.O=C1c2cccnc2-c2ncccc21.c1cnc2c(c1)Cc1cccnc1-2. The van der Waals surface area contributed by atoms with Gasteiger partial charge in [-0.05, 0) is 47.5 Å². The molecule has 0 amide bonds. The highest BCUT2D eigenvalue weighted by atomic mass is 16.1. The minimum absolute atomic E-state index is 0. The van der Waals surface area contributed by atoms with Crippen LogP contribution in [0.25, 0.3) is 22.8 Å². The maximum atomic E-state index is 11.8. The van der Waals surface area contributed by atoms with Gasteiger partial charge in [-0.2, -0.15) is 0 Å². The highest BCUT2D eigenvalue weighted by Crippen LogP contribution is 2.33. The third kappa shape index (κ3) is 3.58. The molecule has 6 N–H and O–H groups in total. The summed E-state index contributed by atoms with van der Waals surface area (Å²) in [5.41, 5.74) is 7.40. The first-order chi connectivity index (χ1) is 14.3. The van der Waals surface area contributed by atoms with Crippen molar-refractivity contribution in [3.05, 3.63) is 95.6 Å². The van der Waals surface area contributed by atoms with Crippen molar-refractivity contribution in [3.63, 3.8) is 0 Å². The molecule has 0 bridgehead atoms. The number of hydrogen-bond donors (Lipinski definition) is 2. The first-order valence-electron chi connectivity index (χ1n) is 8.99. The van der Waals surface area contributed by atoms with Crippen LogP contribution in [0.1, 0.15) is 27.0 Å². The van der Waals surface area contributed by atoms with E-state index in [1.54, 1.807) is 36.7 Å². The van der Waals surface area contributed by atoms with Crippen LogP contribution in [0.15, 0.2) is 73.3 Å². The van der Waals surface area contributed by atoms with E-state index in [4.69, 9.17) is 0 Å². The molecular weight excluding hydrogens is 380 g/mol. The Morgan fingerprint density at radius 3 is 1.40 bits per heavy atom. The Kier molecular flexibility index (Phi) is 6.33. The average molecular weight is 400 g/mol. The second-order valence-electron chi connectivity index (χ2n) is 6.33. The molecule has 4 heterocycles. The molecule has 4 aromatic heterocycles. The standard InChI is InChI=1S/C11H6N2O.C11H8N2.H4N2.H2O/c14-11-7-3-1-5-12-9(7)10-8(11)4-2-6-13-10;1-3-8-7-9-4-2-6-13-11(9)10(8)12-5-1;1-2;/h1-6H;1-6H,7H2;1-2H2;1H2. The second-order valence-corrected chi connectivity index (χ2v) is 6.33. The van der Waals surface area contributed by atoms with Crippen LogP contribution in [0.4, 0.5) is 0 Å².